The van der Waals surface area contributed by atoms with E-state index in [2.05, 4.69) is 4.90 Å². The molecule has 1 fully saturated rings. The minimum absolute atomic E-state index is 0.171. The highest BCUT2D eigenvalue weighted by Gasteiger charge is 2.24. The van der Waals surface area contributed by atoms with Crippen LogP contribution in [0.2, 0.25) is 0 Å². The first-order chi connectivity index (χ1) is 13.3. The van der Waals surface area contributed by atoms with Crippen molar-refractivity contribution in [2.24, 2.45) is 5.92 Å². The van der Waals surface area contributed by atoms with Crippen LogP contribution in [-0.4, -0.2) is 42.0 Å². The number of halogens is 2. The van der Waals surface area contributed by atoms with Gasteiger partial charge in [0, 0.05) is 38.4 Å². The molecule has 3 rings (SSSR count). The predicted molar refractivity (Wildman–Crippen MR) is 101 cm³/mol. The fourth-order valence-corrected chi connectivity index (χ4v) is 3.45. The first-order valence-electron chi connectivity index (χ1n) is 9.12. The summed E-state index contributed by atoms with van der Waals surface area (Å²) in [5.41, 5.74) is 1.67. The third-order valence-corrected chi connectivity index (χ3v) is 5.05. The van der Waals surface area contributed by atoms with Crippen LogP contribution in [0.4, 0.5) is 14.5 Å². The lowest BCUT2D eigenvalue weighted by Gasteiger charge is -2.32. The van der Waals surface area contributed by atoms with E-state index >= 15 is 0 Å². The number of carbonyl (C=O) groups excluding carboxylic acids is 1. The zero-order chi connectivity index (χ0) is 20.3. The normalized spacial score (nSPS) is 14.8. The van der Waals surface area contributed by atoms with Crippen molar-refractivity contribution in [3.8, 4) is 0 Å². The maximum atomic E-state index is 13.9. The van der Waals surface area contributed by atoms with Crippen molar-refractivity contribution in [3.63, 3.8) is 0 Å². The second kappa shape index (κ2) is 8.37. The molecular formula is C21H22F2N2O3. The zero-order valence-electron chi connectivity index (χ0n) is 15.6. The van der Waals surface area contributed by atoms with Gasteiger partial charge in [-0.1, -0.05) is 12.1 Å². The maximum Gasteiger partial charge on any atom is 0.306 e. The summed E-state index contributed by atoms with van der Waals surface area (Å²) in [5.74, 6) is -3.18. The monoisotopic (exact) mass is 388 g/mol. The van der Waals surface area contributed by atoms with Gasteiger partial charge in [0.05, 0.1) is 11.5 Å². The Morgan fingerprint density at radius 3 is 2.50 bits per heavy atom. The molecule has 1 aliphatic rings. The standard InChI is InChI=1S/C21H22F2N2O3/c1-24(20(26)18-6-5-16(22)12-19(18)23)13-14-3-2-4-17(11-14)25-9-7-15(8-10-25)21(27)28/h2-6,11-12,15H,7-10,13H2,1H3,(H,27,28). The number of rotatable bonds is 5. The van der Waals surface area contributed by atoms with Gasteiger partial charge in [-0.25, -0.2) is 8.78 Å². The topological polar surface area (TPSA) is 60.9 Å². The smallest absolute Gasteiger partial charge is 0.306 e. The molecule has 1 saturated heterocycles. The molecule has 2 aromatic rings. The molecule has 0 unspecified atom stereocenters. The molecular weight excluding hydrogens is 366 g/mol. The minimum atomic E-state index is -0.882. The SMILES string of the molecule is CN(Cc1cccc(N2CCC(C(=O)O)CC2)c1)C(=O)c1ccc(F)cc1F. The average molecular weight is 388 g/mol. The summed E-state index contributed by atoms with van der Waals surface area (Å²) in [6.07, 6.45) is 1.20. The van der Waals surface area contributed by atoms with Crippen molar-refractivity contribution in [2.45, 2.75) is 19.4 Å². The molecule has 2 aromatic carbocycles. The predicted octanol–water partition coefficient (Wildman–Crippen LogP) is 3.54. The summed E-state index contributed by atoms with van der Waals surface area (Å²) in [4.78, 5) is 27.1. The van der Waals surface area contributed by atoms with E-state index < -0.39 is 23.5 Å². The average Bonchev–Trinajstić information content (AvgIpc) is 2.68. The number of amides is 1. The van der Waals surface area contributed by atoms with E-state index in [0.717, 1.165) is 23.4 Å². The molecule has 5 nitrogen and oxygen atoms in total. The van der Waals surface area contributed by atoms with Crippen LogP contribution >= 0.6 is 0 Å². The van der Waals surface area contributed by atoms with Crippen LogP contribution in [0.1, 0.15) is 28.8 Å². The summed E-state index contributed by atoms with van der Waals surface area (Å²) < 4.78 is 26.9. The van der Waals surface area contributed by atoms with Crippen molar-refractivity contribution in [2.75, 3.05) is 25.0 Å². The molecule has 1 amide bonds. The minimum Gasteiger partial charge on any atom is -0.481 e. The van der Waals surface area contributed by atoms with Crippen LogP contribution in [0.5, 0.6) is 0 Å². The Hall–Kier alpha value is -2.96. The summed E-state index contributed by atoms with van der Waals surface area (Å²) in [6, 6.07) is 10.6. The molecule has 0 saturated carbocycles. The van der Waals surface area contributed by atoms with E-state index in [0.29, 0.717) is 32.0 Å². The Bertz CT molecular complexity index is 880. The number of carboxylic acids is 1. The Kier molecular flexibility index (Phi) is 5.92. The highest BCUT2D eigenvalue weighted by molar-refractivity contribution is 5.94. The number of benzene rings is 2. The van der Waals surface area contributed by atoms with Crippen LogP contribution in [0, 0.1) is 17.6 Å². The third-order valence-electron chi connectivity index (χ3n) is 5.05. The fourth-order valence-electron chi connectivity index (χ4n) is 3.45. The molecule has 7 heteroatoms. The zero-order valence-corrected chi connectivity index (χ0v) is 15.6. The molecule has 28 heavy (non-hydrogen) atoms. The molecule has 0 spiro atoms. The first kappa shape index (κ1) is 19.8. The number of piperidine rings is 1. The number of carboxylic acid groups (broad SMARTS) is 1. The van der Waals surface area contributed by atoms with Crippen molar-refractivity contribution in [1.29, 1.82) is 0 Å². The van der Waals surface area contributed by atoms with Gasteiger partial charge >= 0.3 is 5.97 Å². The Balaban J connectivity index is 1.67. The Morgan fingerprint density at radius 1 is 1.14 bits per heavy atom. The van der Waals surface area contributed by atoms with Crippen LogP contribution in [0.15, 0.2) is 42.5 Å². The van der Waals surface area contributed by atoms with Gasteiger partial charge in [-0.15, -0.1) is 0 Å². The maximum absolute atomic E-state index is 13.9. The van der Waals surface area contributed by atoms with Gasteiger partial charge in [0.25, 0.3) is 5.91 Å². The van der Waals surface area contributed by atoms with Crippen molar-refractivity contribution >= 4 is 17.6 Å². The van der Waals surface area contributed by atoms with Crippen LogP contribution < -0.4 is 4.90 Å². The van der Waals surface area contributed by atoms with E-state index in [1.807, 2.05) is 24.3 Å². The number of hydrogen-bond donors (Lipinski definition) is 1. The van der Waals surface area contributed by atoms with Crippen molar-refractivity contribution < 1.29 is 23.5 Å². The molecule has 0 bridgehead atoms. The number of hydrogen-bond acceptors (Lipinski definition) is 3. The summed E-state index contributed by atoms with van der Waals surface area (Å²) in [6.45, 7) is 1.60. The number of nitrogens with zero attached hydrogens (tertiary/aromatic N) is 2. The second-order valence-corrected chi connectivity index (χ2v) is 7.05. The van der Waals surface area contributed by atoms with Crippen LogP contribution in [0.25, 0.3) is 0 Å². The van der Waals surface area contributed by atoms with E-state index in [1.54, 1.807) is 7.05 Å². The van der Waals surface area contributed by atoms with Crippen LogP contribution in [0.3, 0.4) is 0 Å². The molecule has 0 atom stereocenters. The van der Waals surface area contributed by atoms with Gasteiger partial charge in [0.1, 0.15) is 11.6 Å². The number of aliphatic carboxylic acids is 1. The molecule has 148 valence electrons. The quantitative estimate of drug-likeness (QED) is 0.851. The van der Waals surface area contributed by atoms with E-state index in [4.69, 9.17) is 5.11 Å². The Labute approximate surface area is 162 Å². The molecule has 1 aliphatic heterocycles. The number of anilines is 1. The lowest BCUT2D eigenvalue weighted by atomic mass is 9.96. The number of carbonyl (C=O) groups is 2. The van der Waals surface area contributed by atoms with Gasteiger partial charge in [-0.2, -0.15) is 0 Å². The highest BCUT2D eigenvalue weighted by atomic mass is 19.1. The lowest BCUT2D eigenvalue weighted by molar-refractivity contribution is -0.142. The highest BCUT2D eigenvalue weighted by Crippen LogP contribution is 2.25. The van der Waals surface area contributed by atoms with Gasteiger partial charge < -0.3 is 14.9 Å². The lowest BCUT2D eigenvalue weighted by Crippen LogP contribution is -2.36. The first-order valence-corrected chi connectivity index (χ1v) is 9.12. The van der Waals surface area contributed by atoms with E-state index in [9.17, 15) is 18.4 Å². The summed E-state index contributed by atoms with van der Waals surface area (Å²) in [5, 5.41) is 9.12. The molecule has 0 aromatic heterocycles. The summed E-state index contributed by atoms with van der Waals surface area (Å²) in [7, 11) is 1.57. The molecule has 0 aliphatic carbocycles. The van der Waals surface area contributed by atoms with Gasteiger partial charge in [-0.05, 0) is 42.7 Å². The van der Waals surface area contributed by atoms with Gasteiger partial charge in [-0.3, -0.25) is 9.59 Å². The Morgan fingerprint density at radius 2 is 1.86 bits per heavy atom. The summed E-state index contributed by atoms with van der Waals surface area (Å²) >= 11 is 0. The van der Waals surface area contributed by atoms with E-state index in [1.165, 1.54) is 4.90 Å². The third kappa shape index (κ3) is 4.47. The second-order valence-electron chi connectivity index (χ2n) is 7.05. The largest absolute Gasteiger partial charge is 0.481 e. The van der Waals surface area contributed by atoms with Crippen LogP contribution in [-0.2, 0) is 11.3 Å². The van der Waals surface area contributed by atoms with E-state index in [-0.39, 0.29) is 18.0 Å². The van der Waals surface area contributed by atoms with Gasteiger partial charge in [0.15, 0.2) is 0 Å². The van der Waals surface area contributed by atoms with Crippen molar-refractivity contribution in [3.05, 3.63) is 65.2 Å². The molecule has 0 radical (unpaired) electrons. The molecule has 1 heterocycles. The molecule has 1 N–H and O–H groups in total. The van der Waals surface area contributed by atoms with Gasteiger partial charge in [0.2, 0.25) is 0 Å². The fraction of sp³-hybridized carbons (Fsp3) is 0.333. The van der Waals surface area contributed by atoms with Crippen molar-refractivity contribution in [1.82, 2.24) is 4.90 Å².